The molecule has 0 spiro atoms. The van der Waals surface area contributed by atoms with Crippen LogP contribution in [0.15, 0.2) is 36.8 Å². The second kappa shape index (κ2) is 7.94. The Balaban J connectivity index is 2.24. The molecule has 0 aliphatic carbocycles. The summed E-state index contributed by atoms with van der Waals surface area (Å²) in [7, 11) is 0. The van der Waals surface area contributed by atoms with Gasteiger partial charge in [-0.1, -0.05) is 20.8 Å². The second-order valence-electron chi connectivity index (χ2n) is 7.27. The molecule has 8 heteroatoms. The number of rotatable bonds is 5. The molecule has 1 amide bonds. The normalized spacial score (nSPS) is 13.1. The fourth-order valence-electron chi connectivity index (χ4n) is 2.06. The third-order valence-corrected chi connectivity index (χ3v) is 4.21. The number of carbonyl (C=O) groups excluding carboxylic acids is 1. The first-order chi connectivity index (χ1) is 12.5. The van der Waals surface area contributed by atoms with E-state index >= 15 is 0 Å². The lowest BCUT2D eigenvalue weighted by molar-refractivity contribution is -0.138. The number of amides is 1. The molecule has 0 aliphatic heterocycles. The second-order valence-corrected chi connectivity index (χ2v) is 7.27. The van der Waals surface area contributed by atoms with E-state index in [0.29, 0.717) is 0 Å². The highest BCUT2D eigenvalue weighted by molar-refractivity contribution is 5.95. The lowest BCUT2D eigenvalue weighted by Crippen LogP contribution is -2.42. The zero-order valence-electron chi connectivity index (χ0n) is 15.6. The molecule has 2 rings (SSSR count). The van der Waals surface area contributed by atoms with Crippen molar-refractivity contribution in [1.29, 1.82) is 0 Å². The molecular weight excluding hydrogens is 359 g/mol. The van der Waals surface area contributed by atoms with Crippen LogP contribution in [0.1, 0.15) is 49.2 Å². The molecule has 5 nitrogen and oxygen atoms in total. The minimum atomic E-state index is -4.71. The predicted molar refractivity (Wildman–Crippen MR) is 94.2 cm³/mol. The van der Waals surface area contributed by atoms with Crippen molar-refractivity contribution in [1.82, 2.24) is 15.3 Å². The van der Waals surface area contributed by atoms with E-state index in [1.165, 1.54) is 0 Å². The number of pyridine rings is 2. The van der Waals surface area contributed by atoms with E-state index in [-0.39, 0.29) is 23.9 Å². The van der Waals surface area contributed by atoms with E-state index in [1.54, 1.807) is 31.5 Å². The van der Waals surface area contributed by atoms with Crippen LogP contribution in [-0.4, -0.2) is 21.9 Å². The van der Waals surface area contributed by atoms with Gasteiger partial charge in [-0.15, -0.1) is 0 Å². The molecule has 146 valence electrons. The first-order valence-electron chi connectivity index (χ1n) is 8.38. The fraction of sp³-hybridized carbons (Fsp3) is 0.421. The lowest BCUT2D eigenvalue weighted by Gasteiger charge is -2.28. The van der Waals surface area contributed by atoms with Gasteiger partial charge in [-0.3, -0.25) is 9.78 Å². The summed E-state index contributed by atoms with van der Waals surface area (Å²) in [5.41, 5.74) is -1.17. The lowest BCUT2D eigenvalue weighted by atomic mass is 9.88. The third kappa shape index (κ3) is 5.67. The molecular formula is C19H22F3N3O2. The number of nitrogens with one attached hydrogen (secondary N) is 1. The fourth-order valence-corrected chi connectivity index (χ4v) is 2.06. The molecule has 2 heterocycles. The number of hydrogen-bond donors (Lipinski definition) is 1. The quantitative estimate of drug-likeness (QED) is 0.841. The number of ether oxygens (including phenoxy) is 1. The number of hydrogen-bond acceptors (Lipinski definition) is 4. The average molecular weight is 381 g/mol. The highest BCUT2D eigenvalue weighted by Gasteiger charge is 2.37. The molecule has 0 saturated heterocycles. The van der Waals surface area contributed by atoms with Crippen LogP contribution >= 0.6 is 0 Å². The molecule has 0 aliphatic rings. The van der Waals surface area contributed by atoms with Crippen LogP contribution in [0.25, 0.3) is 0 Å². The Morgan fingerprint density at radius 2 is 1.85 bits per heavy atom. The van der Waals surface area contributed by atoms with E-state index in [2.05, 4.69) is 15.3 Å². The maximum Gasteiger partial charge on any atom is 0.417 e. The van der Waals surface area contributed by atoms with Crippen molar-refractivity contribution in [2.45, 2.75) is 46.5 Å². The molecule has 2 aromatic heterocycles. The molecule has 1 atom stereocenters. The molecule has 27 heavy (non-hydrogen) atoms. The predicted octanol–water partition coefficient (Wildman–Crippen LogP) is 4.24. The van der Waals surface area contributed by atoms with Gasteiger partial charge in [-0.05, 0) is 30.0 Å². The van der Waals surface area contributed by atoms with Gasteiger partial charge in [-0.2, -0.15) is 13.2 Å². The summed E-state index contributed by atoms with van der Waals surface area (Å²) in [4.78, 5) is 20.1. The van der Waals surface area contributed by atoms with Crippen LogP contribution in [0.4, 0.5) is 13.2 Å². The average Bonchev–Trinajstić information content (AvgIpc) is 2.59. The molecule has 0 bridgehead atoms. The van der Waals surface area contributed by atoms with Gasteiger partial charge in [0, 0.05) is 30.7 Å². The summed E-state index contributed by atoms with van der Waals surface area (Å²) in [5.74, 6) is -1.03. The van der Waals surface area contributed by atoms with Gasteiger partial charge in [0.05, 0.1) is 11.1 Å². The van der Waals surface area contributed by atoms with Crippen LogP contribution in [-0.2, 0) is 12.8 Å². The Bertz CT molecular complexity index is 787. The Labute approximate surface area is 156 Å². The Hall–Kier alpha value is -2.64. The first-order valence-corrected chi connectivity index (χ1v) is 8.38. The maximum atomic E-state index is 13.5. The van der Waals surface area contributed by atoms with E-state index in [9.17, 15) is 18.0 Å². The molecule has 1 N–H and O–H groups in total. The van der Waals surface area contributed by atoms with Crippen molar-refractivity contribution >= 4 is 5.91 Å². The topological polar surface area (TPSA) is 64.1 Å². The first kappa shape index (κ1) is 20.7. The van der Waals surface area contributed by atoms with Crippen molar-refractivity contribution in [2.75, 3.05) is 0 Å². The zero-order valence-corrected chi connectivity index (χ0v) is 15.6. The molecule has 0 saturated carbocycles. The minimum absolute atomic E-state index is 0.0411. The number of carbonyl (C=O) groups is 1. The van der Waals surface area contributed by atoms with Crippen molar-refractivity contribution in [3.8, 4) is 5.88 Å². The summed E-state index contributed by atoms with van der Waals surface area (Å²) < 4.78 is 45.7. The van der Waals surface area contributed by atoms with E-state index in [4.69, 9.17) is 4.74 Å². The van der Waals surface area contributed by atoms with Crippen molar-refractivity contribution in [2.24, 2.45) is 5.41 Å². The maximum absolute atomic E-state index is 13.5. The van der Waals surface area contributed by atoms with Crippen molar-refractivity contribution < 1.29 is 22.7 Å². The number of halogens is 3. The number of alkyl halides is 3. The van der Waals surface area contributed by atoms with Gasteiger partial charge >= 0.3 is 6.18 Å². The summed E-state index contributed by atoms with van der Waals surface area (Å²) in [6, 6.07) is 3.78. The summed E-state index contributed by atoms with van der Waals surface area (Å²) in [6.07, 6.45) is -0.709. The zero-order chi connectivity index (χ0) is 20.2. The third-order valence-electron chi connectivity index (χ3n) is 4.21. The highest BCUT2D eigenvalue weighted by Crippen LogP contribution is 2.34. The Morgan fingerprint density at radius 3 is 2.41 bits per heavy atom. The molecule has 0 fully saturated rings. The van der Waals surface area contributed by atoms with Gasteiger partial charge in [0.15, 0.2) is 0 Å². The molecule has 2 aromatic rings. The van der Waals surface area contributed by atoms with Crippen molar-refractivity contribution in [3.05, 3.63) is 53.5 Å². The van der Waals surface area contributed by atoms with Crippen LogP contribution in [0.5, 0.6) is 5.88 Å². The smallest absolute Gasteiger partial charge is 0.417 e. The van der Waals surface area contributed by atoms with Crippen LogP contribution < -0.4 is 10.1 Å². The van der Waals surface area contributed by atoms with Gasteiger partial charge < -0.3 is 10.1 Å². The number of nitrogens with zero attached hydrogens (tertiary/aromatic N) is 2. The standard InChI is InChI=1S/C19H22F3N3O2/c1-12(18(2,3)4)25-17(26)14-10-24-16(9-15(14)19(20,21)22)27-11-13-5-7-23-8-6-13/h5-10,12H,11H2,1-4H3,(H,25,26). The monoisotopic (exact) mass is 381 g/mol. The van der Waals surface area contributed by atoms with Crippen LogP contribution in [0.3, 0.4) is 0 Å². The Morgan fingerprint density at radius 1 is 1.22 bits per heavy atom. The van der Waals surface area contributed by atoms with Gasteiger partial charge in [0.25, 0.3) is 5.91 Å². The van der Waals surface area contributed by atoms with E-state index in [1.807, 2.05) is 20.8 Å². The summed E-state index contributed by atoms with van der Waals surface area (Å²) in [6.45, 7) is 7.44. The van der Waals surface area contributed by atoms with Crippen LogP contribution in [0.2, 0.25) is 0 Å². The minimum Gasteiger partial charge on any atom is -0.473 e. The van der Waals surface area contributed by atoms with E-state index < -0.39 is 23.2 Å². The summed E-state index contributed by atoms with van der Waals surface area (Å²) >= 11 is 0. The molecule has 1 unspecified atom stereocenters. The van der Waals surface area contributed by atoms with Crippen molar-refractivity contribution in [3.63, 3.8) is 0 Å². The number of aromatic nitrogens is 2. The van der Waals surface area contributed by atoms with Gasteiger partial charge in [-0.25, -0.2) is 4.98 Å². The summed E-state index contributed by atoms with van der Waals surface area (Å²) in [5, 5.41) is 2.60. The van der Waals surface area contributed by atoms with Gasteiger partial charge in [0.2, 0.25) is 5.88 Å². The highest BCUT2D eigenvalue weighted by atomic mass is 19.4. The molecule has 0 radical (unpaired) electrons. The molecule has 0 aromatic carbocycles. The van der Waals surface area contributed by atoms with Crippen LogP contribution in [0, 0.1) is 5.41 Å². The Kier molecular flexibility index (Phi) is 6.08. The SMILES string of the molecule is CC(NC(=O)c1cnc(OCc2ccncc2)cc1C(F)(F)F)C(C)(C)C. The van der Waals surface area contributed by atoms with E-state index in [0.717, 1.165) is 17.8 Å². The van der Waals surface area contributed by atoms with Gasteiger partial charge in [0.1, 0.15) is 6.61 Å². The largest absolute Gasteiger partial charge is 0.473 e.